The van der Waals surface area contributed by atoms with Gasteiger partial charge in [-0.05, 0) is 25.5 Å². The number of ether oxygens (including phenoxy) is 1. The van der Waals surface area contributed by atoms with Gasteiger partial charge in [-0.3, -0.25) is 4.90 Å². The number of morpholine rings is 1. The van der Waals surface area contributed by atoms with Crippen LogP contribution in [0.3, 0.4) is 0 Å². The van der Waals surface area contributed by atoms with Gasteiger partial charge in [-0.15, -0.1) is 0 Å². The van der Waals surface area contributed by atoms with Crippen LogP contribution in [0, 0.1) is 13.8 Å². The first-order valence-corrected chi connectivity index (χ1v) is 9.41. The summed E-state index contributed by atoms with van der Waals surface area (Å²) in [4.78, 5) is 2.46. The molecule has 0 radical (unpaired) electrons. The van der Waals surface area contributed by atoms with Gasteiger partial charge in [0.1, 0.15) is 0 Å². The highest BCUT2D eigenvalue weighted by Crippen LogP contribution is 2.26. The Morgan fingerprint density at radius 2 is 1.87 bits per heavy atom. The van der Waals surface area contributed by atoms with Gasteiger partial charge in [-0.2, -0.15) is 4.31 Å². The van der Waals surface area contributed by atoms with Crippen molar-refractivity contribution in [3.63, 3.8) is 0 Å². The van der Waals surface area contributed by atoms with Crippen LogP contribution >= 0.6 is 0 Å². The molecular formula is C16H24N2O4S. The third kappa shape index (κ3) is 3.29. The zero-order valence-electron chi connectivity index (χ0n) is 13.6. The zero-order chi connectivity index (χ0) is 16.6. The standard InChI is InChI=1S/C16H24N2O4S/c1-12-3-4-16(13(2)9-12)23(20,21)18-10-14(15(19)11-18)17-5-7-22-8-6-17/h3-4,9,14-15,19H,5-8,10-11H2,1-2H3/t14-,15-/m1/s1. The van der Waals surface area contributed by atoms with E-state index in [2.05, 4.69) is 4.90 Å². The molecule has 2 saturated heterocycles. The lowest BCUT2D eigenvalue weighted by atomic mass is 10.2. The van der Waals surface area contributed by atoms with E-state index in [9.17, 15) is 13.5 Å². The van der Waals surface area contributed by atoms with Gasteiger partial charge in [0.2, 0.25) is 10.0 Å². The Labute approximate surface area is 137 Å². The van der Waals surface area contributed by atoms with E-state index < -0.39 is 16.1 Å². The van der Waals surface area contributed by atoms with Crippen molar-refractivity contribution in [2.75, 3.05) is 39.4 Å². The van der Waals surface area contributed by atoms with Crippen LogP contribution in [0.4, 0.5) is 0 Å². The Bertz CT molecular complexity index is 671. The van der Waals surface area contributed by atoms with E-state index in [-0.39, 0.29) is 12.6 Å². The highest BCUT2D eigenvalue weighted by atomic mass is 32.2. The van der Waals surface area contributed by atoms with E-state index in [4.69, 9.17) is 4.74 Å². The second kappa shape index (κ2) is 6.49. The predicted octanol–water partition coefficient (Wildman–Crippen LogP) is 0.369. The summed E-state index contributed by atoms with van der Waals surface area (Å²) < 4.78 is 32.6. The van der Waals surface area contributed by atoms with Gasteiger partial charge in [0.25, 0.3) is 0 Å². The fraction of sp³-hybridized carbons (Fsp3) is 0.625. The van der Waals surface area contributed by atoms with Crippen LogP contribution in [0.25, 0.3) is 0 Å². The van der Waals surface area contributed by atoms with E-state index >= 15 is 0 Å². The molecule has 6 nitrogen and oxygen atoms in total. The summed E-state index contributed by atoms with van der Waals surface area (Å²) in [6.45, 7) is 6.97. The average molecular weight is 340 g/mol. The van der Waals surface area contributed by atoms with Crippen molar-refractivity contribution in [2.45, 2.75) is 30.9 Å². The van der Waals surface area contributed by atoms with Crippen molar-refractivity contribution >= 4 is 10.0 Å². The number of rotatable bonds is 3. The molecule has 128 valence electrons. The third-order valence-corrected chi connectivity index (χ3v) is 6.68. The lowest BCUT2D eigenvalue weighted by molar-refractivity contribution is -0.00602. The van der Waals surface area contributed by atoms with Crippen LogP contribution in [0.5, 0.6) is 0 Å². The van der Waals surface area contributed by atoms with Crippen LogP contribution < -0.4 is 0 Å². The number of aliphatic hydroxyl groups is 1. The number of β-amino-alcohol motifs (C(OH)–C–C–N with tert-alkyl or cyclic N) is 1. The van der Waals surface area contributed by atoms with E-state index in [1.165, 1.54) is 4.31 Å². The van der Waals surface area contributed by atoms with Crippen molar-refractivity contribution in [1.29, 1.82) is 0 Å². The fourth-order valence-corrected chi connectivity index (χ4v) is 5.11. The van der Waals surface area contributed by atoms with Crippen molar-refractivity contribution in [3.8, 4) is 0 Å². The van der Waals surface area contributed by atoms with Crippen LogP contribution in [0.15, 0.2) is 23.1 Å². The van der Waals surface area contributed by atoms with E-state index in [1.54, 1.807) is 6.07 Å². The van der Waals surface area contributed by atoms with Crippen LogP contribution in [-0.4, -0.2) is 74.3 Å². The Hall–Kier alpha value is -0.990. The third-order valence-electron chi connectivity index (χ3n) is 4.69. The number of nitrogens with zero attached hydrogens (tertiary/aromatic N) is 2. The van der Waals surface area contributed by atoms with Gasteiger partial charge in [0.15, 0.2) is 0 Å². The molecule has 2 aliphatic heterocycles. The summed E-state index contributed by atoms with van der Waals surface area (Å²) in [7, 11) is -3.58. The number of sulfonamides is 1. The van der Waals surface area contributed by atoms with Gasteiger partial charge in [0, 0.05) is 26.2 Å². The van der Waals surface area contributed by atoms with Crippen molar-refractivity contribution in [3.05, 3.63) is 29.3 Å². The molecular weight excluding hydrogens is 316 g/mol. The number of aryl methyl sites for hydroxylation is 2. The summed E-state index contributed by atoms with van der Waals surface area (Å²) >= 11 is 0. The zero-order valence-corrected chi connectivity index (χ0v) is 14.4. The molecule has 1 aromatic carbocycles. The van der Waals surface area contributed by atoms with Crippen molar-refractivity contribution in [2.24, 2.45) is 0 Å². The molecule has 2 fully saturated rings. The Morgan fingerprint density at radius 3 is 2.52 bits per heavy atom. The minimum atomic E-state index is -3.58. The second-order valence-corrected chi connectivity index (χ2v) is 8.28. The largest absolute Gasteiger partial charge is 0.390 e. The molecule has 0 aliphatic carbocycles. The summed E-state index contributed by atoms with van der Waals surface area (Å²) in [5, 5.41) is 10.3. The smallest absolute Gasteiger partial charge is 0.243 e. The molecule has 7 heteroatoms. The summed E-state index contributed by atoms with van der Waals surface area (Å²) in [6.07, 6.45) is -0.659. The monoisotopic (exact) mass is 340 g/mol. The molecule has 23 heavy (non-hydrogen) atoms. The van der Waals surface area contributed by atoms with Gasteiger partial charge in [-0.1, -0.05) is 17.7 Å². The molecule has 0 aromatic heterocycles. The number of hydrogen-bond acceptors (Lipinski definition) is 5. The molecule has 2 atom stereocenters. The highest BCUT2D eigenvalue weighted by molar-refractivity contribution is 7.89. The first-order chi connectivity index (χ1) is 10.9. The predicted molar refractivity (Wildman–Crippen MR) is 86.9 cm³/mol. The van der Waals surface area contributed by atoms with Gasteiger partial charge in [0.05, 0.1) is 30.3 Å². The first-order valence-electron chi connectivity index (χ1n) is 7.97. The quantitative estimate of drug-likeness (QED) is 0.861. The van der Waals surface area contributed by atoms with Crippen molar-refractivity contribution < 1.29 is 18.3 Å². The maximum Gasteiger partial charge on any atom is 0.243 e. The lowest BCUT2D eigenvalue weighted by Crippen LogP contribution is -2.49. The molecule has 0 spiro atoms. The lowest BCUT2D eigenvalue weighted by Gasteiger charge is -2.33. The topological polar surface area (TPSA) is 70.1 Å². The van der Waals surface area contributed by atoms with Crippen LogP contribution in [0.1, 0.15) is 11.1 Å². The Balaban J connectivity index is 1.81. The maximum absolute atomic E-state index is 12.9. The SMILES string of the molecule is Cc1ccc(S(=O)(=O)N2C[C@@H](O)[C@H](N3CCOCC3)C2)c(C)c1. The normalized spacial score (nSPS) is 27.4. The molecule has 0 unspecified atom stereocenters. The number of aliphatic hydroxyl groups excluding tert-OH is 1. The molecule has 0 bridgehead atoms. The minimum Gasteiger partial charge on any atom is -0.390 e. The number of benzene rings is 1. The van der Waals surface area contributed by atoms with Gasteiger partial charge >= 0.3 is 0 Å². The molecule has 2 aliphatic rings. The van der Waals surface area contributed by atoms with Crippen molar-refractivity contribution in [1.82, 2.24) is 9.21 Å². The maximum atomic E-state index is 12.9. The molecule has 0 amide bonds. The molecule has 1 N–H and O–H groups in total. The summed E-state index contributed by atoms with van der Waals surface area (Å²) in [6, 6.07) is 5.19. The van der Waals surface area contributed by atoms with E-state index in [0.29, 0.717) is 24.7 Å². The minimum absolute atomic E-state index is 0.150. The first kappa shape index (κ1) is 16.9. The van der Waals surface area contributed by atoms with E-state index in [0.717, 1.165) is 24.2 Å². The summed E-state index contributed by atoms with van der Waals surface area (Å²) in [5.41, 5.74) is 1.78. The molecule has 3 rings (SSSR count). The number of hydrogen-bond donors (Lipinski definition) is 1. The Morgan fingerprint density at radius 1 is 1.17 bits per heavy atom. The molecule has 0 saturated carbocycles. The van der Waals surface area contributed by atoms with Gasteiger partial charge < -0.3 is 9.84 Å². The second-order valence-electron chi connectivity index (χ2n) is 6.37. The highest BCUT2D eigenvalue weighted by Gasteiger charge is 2.41. The van der Waals surface area contributed by atoms with E-state index in [1.807, 2.05) is 26.0 Å². The average Bonchev–Trinajstić information content (AvgIpc) is 2.90. The van der Waals surface area contributed by atoms with Gasteiger partial charge in [-0.25, -0.2) is 8.42 Å². The molecule has 1 aromatic rings. The van der Waals surface area contributed by atoms with Crippen LogP contribution in [-0.2, 0) is 14.8 Å². The Kier molecular flexibility index (Phi) is 4.75. The van der Waals surface area contributed by atoms with Crippen LogP contribution in [0.2, 0.25) is 0 Å². The molecule has 2 heterocycles. The fourth-order valence-electron chi connectivity index (χ4n) is 3.43. The summed E-state index contributed by atoms with van der Waals surface area (Å²) in [5.74, 6) is 0.